The summed E-state index contributed by atoms with van der Waals surface area (Å²) < 4.78 is 24.5. The Morgan fingerprint density at radius 2 is 1.51 bits per heavy atom. The van der Waals surface area contributed by atoms with E-state index in [4.69, 9.17) is 9.26 Å². The quantitative estimate of drug-likeness (QED) is 0.107. The SMILES string of the molecule is CCCCCCC(CCCOc1ccc(CNCCCP(C)(=O)Oc2ccccc2)cc1)Cc1ccc(C)c(C)c1. The summed E-state index contributed by atoms with van der Waals surface area (Å²) in [6.07, 6.45) is 11.5. The first-order valence-corrected chi connectivity index (χ1v) is 17.9. The Hall–Kier alpha value is -2.55. The van der Waals surface area contributed by atoms with Gasteiger partial charge >= 0.3 is 0 Å². The minimum Gasteiger partial charge on any atom is -0.494 e. The van der Waals surface area contributed by atoms with Gasteiger partial charge in [-0.3, -0.25) is 4.57 Å². The van der Waals surface area contributed by atoms with Gasteiger partial charge in [0.1, 0.15) is 11.5 Å². The summed E-state index contributed by atoms with van der Waals surface area (Å²) in [6.45, 7) is 10.8. The van der Waals surface area contributed by atoms with Crippen molar-refractivity contribution in [3.05, 3.63) is 95.1 Å². The molecular weight excluding hydrogens is 525 g/mol. The van der Waals surface area contributed by atoms with Crippen molar-refractivity contribution in [1.82, 2.24) is 5.32 Å². The molecule has 3 aromatic rings. The number of unbranched alkanes of at least 4 members (excludes halogenated alkanes) is 3. The van der Waals surface area contributed by atoms with Crippen molar-refractivity contribution in [1.29, 1.82) is 0 Å². The van der Waals surface area contributed by atoms with Gasteiger partial charge in [-0.1, -0.05) is 87.6 Å². The van der Waals surface area contributed by atoms with E-state index in [-0.39, 0.29) is 0 Å². The third-order valence-corrected chi connectivity index (χ3v) is 9.52. The molecule has 41 heavy (non-hydrogen) atoms. The van der Waals surface area contributed by atoms with Crippen molar-refractivity contribution in [2.75, 3.05) is 26.0 Å². The fraction of sp³-hybridized carbons (Fsp3) is 0.500. The summed E-state index contributed by atoms with van der Waals surface area (Å²) in [5.41, 5.74) is 5.47. The highest BCUT2D eigenvalue weighted by molar-refractivity contribution is 7.58. The van der Waals surface area contributed by atoms with Gasteiger partial charge in [0.25, 0.3) is 0 Å². The zero-order chi connectivity index (χ0) is 29.3. The number of nitrogens with one attached hydrogen (secondary N) is 1. The molecule has 0 spiro atoms. The predicted octanol–water partition coefficient (Wildman–Crippen LogP) is 9.76. The van der Waals surface area contributed by atoms with Crippen LogP contribution in [-0.4, -0.2) is 26.0 Å². The van der Waals surface area contributed by atoms with E-state index < -0.39 is 7.37 Å². The third kappa shape index (κ3) is 13.3. The molecule has 1 N–H and O–H groups in total. The molecule has 3 aromatic carbocycles. The van der Waals surface area contributed by atoms with Crippen LogP contribution in [0.2, 0.25) is 0 Å². The number of rotatable bonds is 20. The van der Waals surface area contributed by atoms with Crippen LogP contribution in [0.25, 0.3) is 0 Å². The maximum atomic E-state index is 12.7. The molecule has 4 nitrogen and oxygen atoms in total. The fourth-order valence-electron chi connectivity index (χ4n) is 5.21. The monoisotopic (exact) mass is 577 g/mol. The molecule has 0 bridgehead atoms. The summed E-state index contributed by atoms with van der Waals surface area (Å²) in [7, 11) is -2.64. The lowest BCUT2D eigenvalue weighted by Crippen LogP contribution is -2.16. The van der Waals surface area contributed by atoms with Crippen LogP contribution < -0.4 is 14.6 Å². The third-order valence-electron chi connectivity index (χ3n) is 7.80. The topological polar surface area (TPSA) is 47.6 Å². The standard InChI is InChI=1S/C36H52NO3P/c1-5-6-7-9-14-32(28-34-19-18-30(2)31(3)27-34)15-12-25-39-35-22-20-33(21-23-35)29-37-24-13-26-41(4,38)40-36-16-10-8-11-17-36/h8,10-11,16-23,27,32,37H,5-7,9,12-15,24-26,28-29H2,1-4H3. The molecule has 224 valence electrons. The second-order valence-electron chi connectivity index (χ2n) is 11.6. The van der Waals surface area contributed by atoms with E-state index in [1.165, 1.54) is 67.2 Å². The van der Waals surface area contributed by atoms with E-state index in [0.717, 1.165) is 44.2 Å². The maximum Gasteiger partial charge on any atom is 0.245 e. The van der Waals surface area contributed by atoms with E-state index in [0.29, 0.717) is 11.9 Å². The molecule has 0 saturated carbocycles. The molecule has 0 fully saturated rings. The van der Waals surface area contributed by atoms with Gasteiger partial charge in [-0.15, -0.1) is 0 Å². The number of para-hydroxylation sites is 1. The minimum atomic E-state index is -2.64. The molecule has 3 rings (SSSR count). The van der Waals surface area contributed by atoms with Gasteiger partial charge in [-0.05, 0) is 98.5 Å². The van der Waals surface area contributed by atoms with Gasteiger partial charge in [-0.25, -0.2) is 0 Å². The van der Waals surface area contributed by atoms with Gasteiger partial charge in [-0.2, -0.15) is 0 Å². The largest absolute Gasteiger partial charge is 0.494 e. The van der Waals surface area contributed by atoms with Gasteiger partial charge < -0.3 is 14.6 Å². The average molecular weight is 578 g/mol. The van der Waals surface area contributed by atoms with Gasteiger partial charge in [0.05, 0.1) is 6.61 Å². The van der Waals surface area contributed by atoms with Crippen LogP contribution in [0, 0.1) is 19.8 Å². The molecule has 0 saturated heterocycles. The van der Waals surface area contributed by atoms with Crippen molar-refractivity contribution in [3.63, 3.8) is 0 Å². The van der Waals surface area contributed by atoms with Crippen molar-refractivity contribution in [2.45, 2.75) is 85.1 Å². The molecule has 2 unspecified atom stereocenters. The number of hydrogen-bond donors (Lipinski definition) is 1. The second kappa shape index (κ2) is 18.1. The number of aryl methyl sites for hydroxylation is 2. The normalized spacial score (nSPS) is 13.5. The van der Waals surface area contributed by atoms with Crippen molar-refractivity contribution in [2.24, 2.45) is 5.92 Å². The van der Waals surface area contributed by atoms with Crippen molar-refractivity contribution >= 4 is 7.37 Å². The Balaban J connectivity index is 1.33. The van der Waals surface area contributed by atoms with Crippen LogP contribution in [0.1, 0.15) is 80.5 Å². The molecule has 5 heteroatoms. The van der Waals surface area contributed by atoms with Crippen LogP contribution in [0.5, 0.6) is 11.5 Å². The Labute approximate surface area is 249 Å². The summed E-state index contributed by atoms with van der Waals surface area (Å²) in [5, 5.41) is 3.46. The van der Waals surface area contributed by atoms with Crippen molar-refractivity contribution in [3.8, 4) is 11.5 Å². The Bertz CT molecular complexity index is 1180. The highest BCUT2D eigenvalue weighted by Gasteiger charge is 2.16. The Morgan fingerprint density at radius 3 is 2.24 bits per heavy atom. The van der Waals surface area contributed by atoms with E-state index in [1.54, 1.807) is 6.66 Å². The molecule has 0 aliphatic rings. The van der Waals surface area contributed by atoms with Crippen molar-refractivity contribution < 1.29 is 13.8 Å². The summed E-state index contributed by atoms with van der Waals surface area (Å²) >= 11 is 0. The predicted molar refractivity (Wildman–Crippen MR) is 175 cm³/mol. The molecule has 0 aliphatic carbocycles. The van der Waals surface area contributed by atoms with Crippen LogP contribution in [0.4, 0.5) is 0 Å². The zero-order valence-corrected chi connectivity index (χ0v) is 26.8. The number of hydrogen-bond acceptors (Lipinski definition) is 4. The average Bonchev–Trinajstić information content (AvgIpc) is 2.96. The lowest BCUT2D eigenvalue weighted by molar-refractivity contribution is 0.286. The summed E-state index contributed by atoms with van der Waals surface area (Å²) in [5.74, 6) is 2.33. The van der Waals surface area contributed by atoms with Gasteiger partial charge in [0.15, 0.2) is 0 Å². The zero-order valence-electron chi connectivity index (χ0n) is 25.9. The van der Waals surface area contributed by atoms with E-state index >= 15 is 0 Å². The van der Waals surface area contributed by atoms with Crippen LogP contribution in [-0.2, 0) is 17.5 Å². The Morgan fingerprint density at radius 1 is 0.780 bits per heavy atom. The van der Waals surface area contributed by atoms with E-state index in [2.05, 4.69) is 68.6 Å². The van der Waals surface area contributed by atoms with E-state index in [1.807, 2.05) is 30.3 Å². The first-order chi connectivity index (χ1) is 19.8. The number of ether oxygens (including phenoxy) is 1. The molecule has 0 heterocycles. The molecule has 0 radical (unpaired) electrons. The van der Waals surface area contributed by atoms with Gasteiger partial charge in [0.2, 0.25) is 7.37 Å². The molecule has 0 aromatic heterocycles. The number of benzene rings is 3. The molecule has 0 aliphatic heterocycles. The summed E-state index contributed by atoms with van der Waals surface area (Å²) in [6, 6.07) is 24.8. The smallest absolute Gasteiger partial charge is 0.245 e. The highest BCUT2D eigenvalue weighted by Crippen LogP contribution is 2.43. The first-order valence-electron chi connectivity index (χ1n) is 15.6. The van der Waals surface area contributed by atoms with Gasteiger partial charge in [0, 0.05) is 19.4 Å². The molecule has 0 amide bonds. The van der Waals surface area contributed by atoms with Crippen LogP contribution >= 0.6 is 7.37 Å². The van der Waals surface area contributed by atoms with Crippen LogP contribution in [0.15, 0.2) is 72.8 Å². The van der Waals surface area contributed by atoms with Crippen LogP contribution in [0.3, 0.4) is 0 Å². The lowest BCUT2D eigenvalue weighted by Gasteiger charge is -2.18. The maximum absolute atomic E-state index is 12.7. The first kappa shape index (κ1) is 33.0. The second-order valence-corrected chi connectivity index (χ2v) is 14.3. The minimum absolute atomic E-state index is 0.561. The summed E-state index contributed by atoms with van der Waals surface area (Å²) in [4.78, 5) is 0. The molecule has 2 atom stereocenters. The van der Waals surface area contributed by atoms with E-state index in [9.17, 15) is 4.57 Å². The Kier molecular flexibility index (Phi) is 14.5. The molecular formula is C36H52NO3P. The highest BCUT2D eigenvalue weighted by atomic mass is 31.2. The fourth-order valence-corrected chi connectivity index (χ4v) is 6.60. The lowest BCUT2D eigenvalue weighted by atomic mass is 9.89.